The van der Waals surface area contributed by atoms with Gasteiger partial charge in [0.15, 0.2) is 0 Å². The summed E-state index contributed by atoms with van der Waals surface area (Å²) in [5.74, 6) is 0.874. The highest BCUT2D eigenvalue weighted by Gasteiger charge is 2.56. The molecule has 1 aliphatic heterocycles. The molecule has 3 fully saturated rings. The fourth-order valence-electron chi connectivity index (χ4n) is 9.84. The van der Waals surface area contributed by atoms with Crippen LogP contribution in [0.15, 0.2) is 72.8 Å². The van der Waals surface area contributed by atoms with Gasteiger partial charge >= 0.3 is 18.0 Å². The summed E-state index contributed by atoms with van der Waals surface area (Å²) in [6, 6.07) is 21.3. The van der Waals surface area contributed by atoms with E-state index in [-0.39, 0.29) is 43.4 Å². The van der Waals surface area contributed by atoms with Crippen LogP contribution in [0.2, 0.25) is 0 Å². The summed E-state index contributed by atoms with van der Waals surface area (Å²) in [5.41, 5.74) is 4.37. The molecule has 0 radical (unpaired) electrons. The van der Waals surface area contributed by atoms with Gasteiger partial charge in [-0.1, -0.05) is 55.5 Å². The van der Waals surface area contributed by atoms with E-state index in [1.165, 1.54) is 24.5 Å². The molecule has 3 amide bonds. The van der Waals surface area contributed by atoms with Gasteiger partial charge in [0.2, 0.25) is 0 Å². The Morgan fingerprint density at radius 2 is 1.38 bits per heavy atom. The fourth-order valence-corrected chi connectivity index (χ4v) is 9.84. The molecule has 0 bridgehead atoms. The predicted octanol–water partition coefficient (Wildman–Crippen LogP) is 6.43. The third kappa shape index (κ3) is 12.2. The number of hydrogen-bond acceptors (Lipinski definition) is 13. The lowest BCUT2D eigenvalue weighted by Crippen LogP contribution is -2.46. The first kappa shape index (κ1) is 46.5. The lowest BCUT2D eigenvalue weighted by Gasteiger charge is -2.50. The number of imide groups is 1. The molecule has 0 aromatic heterocycles. The second-order valence-electron chi connectivity index (χ2n) is 17.1. The van der Waals surface area contributed by atoms with Crippen LogP contribution in [0.5, 0.6) is 11.5 Å². The van der Waals surface area contributed by atoms with Gasteiger partial charge in [0.05, 0.1) is 39.6 Å². The van der Waals surface area contributed by atoms with Crippen molar-refractivity contribution >= 4 is 29.8 Å². The van der Waals surface area contributed by atoms with Crippen LogP contribution in [0.3, 0.4) is 0 Å². The molecule has 2 saturated carbocycles. The number of ether oxygens (including phenoxy) is 7. The Bertz CT molecular complexity index is 2050. The van der Waals surface area contributed by atoms with Crippen molar-refractivity contribution in [2.45, 2.75) is 96.3 Å². The Morgan fingerprint density at radius 3 is 2.05 bits per heavy atom. The summed E-state index contributed by atoms with van der Waals surface area (Å²) >= 11 is 0. The number of carbonyl (C=O) groups excluding carboxylic acids is 5. The molecule has 3 aromatic carbocycles. The van der Waals surface area contributed by atoms with Crippen LogP contribution in [0.25, 0.3) is 0 Å². The minimum absolute atomic E-state index is 0.00184. The molecule has 15 nitrogen and oxygen atoms in total. The summed E-state index contributed by atoms with van der Waals surface area (Å²) in [6.07, 6.45) is 5.66. The zero-order chi connectivity index (χ0) is 44.9. The van der Waals surface area contributed by atoms with Gasteiger partial charge in [0, 0.05) is 31.6 Å². The van der Waals surface area contributed by atoms with E-state index in [0.29, 0.717) is 87.0 Å². The number of carbonyl (C=O) groups is 5. The van der Waals surface area contributed by atoms with E-state index in [1.54, 1.807) is 36.4 Å². The van der Waals surface area contributed by atoms with E-state index in [9.17, 15) is 24.0 Å². The number of alkyl carbamates (subject to hydrolysis) is 1. The number of hydrogen-bond donors (Lipinski definition) is 1. The maximum absolute atomic E-state index is 13.1. The zero-order valence-electron chi connectivity index (χ0n) is 36.8. The molecule has 3 aromatic rings. The van der Waals surface area contributed by atoms with E-state index in [2.05, 4.69) is 30.4 Å². The summed E-state index contributed by atoms with van der Waals surface area (Å²) in [5, 5.41) is 2.94. The topological polar surface area (TPSA) is 174 Å². The minimum Gasteiger partial charge on any atom is -0.491 e. The van der Waals surface area contributed by atoms with Crippen molar-refractivity contribution in [3.63, 3.8) is 0 Å². The Kier molecular flexibility index (Phi) is 16.3. The van der Waals surface area contributed by atoms with Crippen molar-refractivity contribution in [1.29, 1.82) is 0 Å². The highest BCUT2D eigenvalue weighted by atomic mass is 16.7. The molecule has 344 valence electrons. The number of benzene rings is 3. The molecule has 3 aliphatic carbocycles. The molecule has 0 spiro atoms. The molecule has 4 aliphatic rings. The van der Waals surface area contributed by atoms with Gasteiger partial charge < -0.3 is 43.3 Å². The number of hydroxylamine groups is 2. The molecule has 1 heterocycles. The van der Waals surface area contributed by atoms with Gasteiger partial charge in [-0.25, -0.2) is 9.59 Å². The van der Waals surface area contributed by atoms with Crippen molar-refractivity contribution in [3.8, 4) is 11.5 Å². The number of fused-ring (bicyclic) bond motifs is 5. The van der Waals surface area contributed by atoms with E-state index in [1.807, 2.05) is 18.2 Å². The first-order valence-corrected chi connectivity index (χ1v) is 22.5. The van der Waals surface area contributed by atoms with E-state index in [4.69, 9.17) is 38.0 Å². The predicted molar refractivity (Wildman–Crippen MR) is 231 cm³/mol. The number of rotatable bonds is 22. The molecule has 1 N–H and O–H groups in total. The minimum atomic E-state index is -1.25. The summed E-state index contributed by atoms with van der Waals surface area (Å²) < 4.78 is 39.9. The second kappa shape index (κ2) is 22.4. The number of esters is 1. The average molecular weight is 885 g/mol. The van der Waals surface area contributed by atoms with Gasteiger partial charge in [-0.05, 0) is 103 Å². The SMILES string of the molecule is CC(=O)O[C@@H]1CC[C@@H]2[C@H]3CCc4cc(OCCOCCOCCOCCOc5ccc(C[C@H](NC(=O)OCc6ccccc6)C(=O)ON6C(=O)CCC6=O)cc5)ccc4[C@@H]3CC[C@]21C. The van der Waals surface area contributed by atoms with E-state index < -0.39 is 29.9 Å². The Balaban J connectivity index is 0.732. The quantitative estimate of drug-likeness (QED) is 0.0665. The van der Waals surface area contributed by atoms with Gasteiger partial charge in [0.1, 0.15) is 43.5 Å². The van der Waals surface area contributed by atoms with E-state index >= 15 is 0 Å². The van der Waals surface area contributed by atoms with Crippen molar-refractivity contribution < 1.29 is 62.0 Å². The Labute approximate surface area is 374 Å². The standard InChI is InChI=1S/C49H60N2O13/c1-33(52)63-44-17-16-42-41-14-10-36-31-38(13-15-39(36)40(41)20-21-49(42,44)2)61-29-27-59-25-23-57-22-24-58-26-28-60-37-11-8-34(9-12-37)30-43(47(55)64-51-45(53)18-19-46(51)54)50-48(56)62-32-35-6-4-3-5-7-35/h3-9,11-13,15,31,40-44H,10,14,16-30,32H2,1-2H3,(H,50,56)/t40-,41-,42+,43-,44+,49+/m0/s1. The van der Waals surface area contributed by atoms with Crippen LogP contribution in [-0.2, 0) is 67.1 Å². The molecule has 1 saturated heterocycles. The summed E-state index contributed by atoms with van der Waals surface area (Å²) in [6.45, 7) is 7.12. The Hall–Kier alpha value is -5.51. The molecule has 6 atom stereocenters. The molecule has 64 heavy (non-hydrogen) atoms. The normalized spacial score (nSPS) is 22.8. The largest absolute Gasteiger partial charge is 0.491 e. The first-order chi connectivity index (χ1) is 31.1. The van der Waals surface area contributed by atoms with Gasteiger partial charge in [0.25, 0.3) is 11.8 Å². The van der Waals surface area contributed by atoms with Gasteiger partial charge in [-0.3, -0.25) is 14.4 Å². The maximum atomic E-state index is 13.1. The lowest BCUT2D eigenvalue weighted by atomic mass is 9.55. The second-order valence-corrected chi connectivity index (χ2v) is 17.1. The van der Waals surface area contributed by atoms with Crippen LogP contribution in [-0.4, -0.2) is 99.9 Å². The monoisotopic (exact) mass is 884 g/mol. The van der Waals surface area contributed by atoms with Crippen molar-refractivity contribution in [2.24, 2.45) is 17.3 Å². The molecular weight excluding hydrogens is 825 g/mol. The smallest absolute Gasteiger partial charge is 0.408 e. The number of nitrogens with one attached hydrogen (secondary N) is 1. The highest BCUT2D eigenvalue weighted by Crippen LogP contribution is 2.61. The first-order valence-electron chi connectivity index (χ1n) is 22.5. The van der Waals surface area contributed by atoms with Crippen LogP contribution >= 0.6 is 0 Å². The van der Waals surface area contributed by atoms with Crippen LogP contribution in [0, 0.1) is 17.3 Å². The van der Waals surface area contributed by atoms with E-state index in [0.717, 1.165) is 43.4 Å². The maximum Gasteiger partial charge on any atom is 0.408 e. The fraction of sp³-hybridized carbons (Fsp3) is 0.531. The van der Waals surface area contributed by atoms with Crippen LogP contribution < -0.4 is 14.8 Å². The van der Waals surface area contributed by atoms with Crippen molar-refractivity contribution in [3.05, 3.63) is 95.1 Å². The third-order valence-corrected chi connectivity index (χ3v) is 13.0. The summed E-state index contributed by atoms with van der Waals surface area (Å²) in [4.78, 5) is 66.6. The highest BCUT2D eigenvalue weighted by molar-refractivity contribution is 6.02. The molecular formula is C49H60N2O13. The van der Waals surface area contributed by atoms with Gasteiger partial charge in [-0.15, -0.1) is 5.06 Å². The number of amides is 3. The van der Waals surface area contributed by atoms with Crippen molar-refractivity contribution in [2.75, 3.05) is 52.9 Å². The molecule has 7 rings (SSSR count). The summed E-state index contributed by atoms with van der Waals surface area (Å²) in [7, 11) is 0. The van der Waals surface area contributed by atoms with Crippen LogP contribution in [0.4, 0.5) is 4.79 Å². The Morgan fingerprint density at radius 1 is 0.734 bits per heavy atom. The molecule has 0 unspecified atom stereocenters. The average Bonchev–Trinajstić information content (AvgIpc) is 3.80. The lowest BCUT2D eigenvalue weighted by molar-refractivity contribution is -0.198. The van der Waals surface area contributed by atoms with Crippen molar-refractivity contribution in [1.82, 2.24) is 10.4 Å². The number of nitrogens with zero attached hydrogens (tertiary/aromatic N) is 1. The van der Waals surface area contributed by atoms with Gasteiger partial charge in [-0.2, -0.15) is 0 Å². The zero-order valence-corrected chi connectivity index (χ0v) is 36.8. The molecule has 15 heteroatoms. The number of aryl methyl sites for hydroxylation is 1. The third-order valence-electron chi connectivity index (χ3n) is 13.0. The van der Waals surface area contributed by atoms with Crippen LogP contribution in [0.1, 0.15) is 87.0 Å².